The molecular formula is C23H15N3O5. The van der Waals surface area contributed by atoms with Crippen molar-refractivity contribution in [1.82, 2.24) is 0 Å². The van der Waals surface area contributed by atoms with Crippen LogP contribution in [0.3, 0.4) is 0 Å². The fourth-order valence-corrected chi connectivity index (χ4v) is 3.41. The van der Waals surface area contributed by atoms with E-state index < -0.39 is 4.92 Å². The van der Waals surface area contributed by atoms with Gasteiger partial charge in [-0.05, 0) is 48.0 Å². The molecule has 152 valence electrons. The molecule has 1 amide bonds. The van der Waals surface area contributed by atoms with Crippen molar-refractivity contribution in [3.63, 3.8) is 0 Å². The summed E-state index contributed by atoms with van der Waals surface area (Å²) in [5.74, 6) is 0.959. The van der Waals surface area contributed by atoms with Crippen LogP contribution in [0.1, 0.15) is 11.1 Å². The summed E-state index contributed by atoms with van der Waals surface area (Å²) in [7, 11) is 0. The maximum atomic E-state index is 13.3. The molecule has 0 spiro atoms. The second kappa shape index (κ2) is 7.42. The molecule has 2 heterocycles. The van der Waals surface area contributed by atoms with Gasteiger partial charge in [0.25, 0.3) is 11.6 Å². The van der Waals surface area contributed by atoms with Crippen molar-refractivity contribution < 1.29 is 19.2 Å². The topological polar surface area (TPSA) is 94.3 Å². The number of para-hydroxylation sites is 1. The summed E-state index contributed by atoms with van der Waals surface area (Å²) < 4.78 is 10.8. The number of nitro benzene ring substituents is 1. The Morgan fingerprint density at radius 3 is 2.45 bits per heavy atom. The predicted octanol–water partition coefficient (Wildman–Crippen LogP) is 4.16. The number of amides is 1. The number of fused-ring (bicyclic) bond motifs is 1. The number of hydrogen-bond donors (Lipinski definition) is 0. The predicted molar refractivity (Wildman–Crippen MR) is 114 cm³/mol. The van der Waals surface area contributed by atoms with E-state index in [1.165, 1.54) is 17.1 Å². The second-order valence-corrected chi connectivity index (χ2v) is 6.88. The van der Waals surface area contributed by atoms with Crippen LogP contribution in [-0.4, -0.2) is 23.3 Å². The molecule has 0 unspecified atom stereocenters. The van der Waals surface area contributed by atoms with E-state index in [2.05, 4.69) is 5.10 Å². The number of hydrogen-bond acceptors (Lipinski definition) is 6. The van der Waals surface area contributed by atoms with Gasteiger partial charge < -0.3 is 9.47 Å². The minimum absolute atomic E-state index is 0.0325. The molecule has 31 heavy (non-hydrogen) atoms. The SMILES string of the molecule is O=C1C(=Cc2ccc3c(c2)OCO3)C(c2ccc([N+](=O)[O-])cc2)=NN1c1ccccc1. The molecule has 8 heteroatoms. The van der Waals surface area contributed by atoms with Crippen molar-refractivity contribution in [1.29, 1.82) is 0 Å². The van der Waals surface area contributed by atoms with Gasteiger partial charge in [-0.1, -0.05) is 24.3 Å². The number of nitrogens with zero attached hydrogens (tertiary/aromatic N) is 3. The lowest BCUT2D eigenvalue weighted by molar-refractivity contribution is -0.384. The Morgan fingerprint density at radius 1 is 0.968 bits per heavy atom. The van der Waals surface area contributed by atoms with E-state index in [0.717, 1.165) is 5.56 Å². The molecule has 3 aromatic rings. The van der Waals surface area contributed by atoms with Crippen molar-refractivity contribution in [2.75, 3.05) is 11.8 Å². The van der Waals surface area contributed by atoms with Gasteiger partial charge in [-0.25, -0.2) is 0 Å². The van der Waals surface area contributed by atoms with E-state index >= 15 is 0 Å². The summed E-state index contributed by atoms with van der Waals surface area (Å²) in [4.78, 5) is 23.8. The van der Waals surface area contributed by atoms with Crippen LogP contribution in [0.2, 0.25) is 0 Å². The van der Waals surface area contributed by atoms with Crippen molar-refractivity contribution >= 4 is 29.1 Å². The van der Waals surface area contributed by atoms with Crippen LogP contribution >= 0.6 is 0 Å². The van der Waals surface area contributed by atoms with Crippen molar-refractivity contribution in [3.05, 3.63) is 99.6 Å². The number of rotatable bonds is 4. The molecule has 8 nitrogen and oxygen atoms in total. The largest absolute Gasteiger partial charge is 0.454 e. The monoisotopic (exact) mass is 413 g/mol. The Bertz CT molecular complexity index is 1250. The molecular weight excluding hydrogens is 398 g/mol. The van der Waals surface area contributed by atoms with Gasteiger partial charge in [-0.3, -0.25) is 14.9 Å². The van der Waals surface area contributed by atoms with Crippen LogP contribution in [0.4, 0.5) is 11.4 Å². The molecule has 2 aliphatic rings. The Kier molecular flexibility index (Phi) is 4.44. The standard InChI is InChI=1S/C23H15N3O5/c27-23-19(12-15-6-11-20-21(13-15)31-14-30-20)22(16-7-9-18(10-8-16)26(28)29)24-25(23)17-4-2-1-3-5-17/h1-13H,14H2. The average molecular weight is 413 g/mol. The summed E-state index contributed by atoms with van der Waals surface area (Å²) in [5.41, 5.74) is 2.75. The maximum absolute atomic E-state index is 13.3. The molecule has 0 atom stereocenters. The van der Waals surface area contributed by atoms with Crippen LogP contribution in [0.5, 0.6) is 11.5 Å². The zero-order valence-electron chi connectivity index (χ0n) is 16.1. The summed E-state index contributed by atoms with van der Waals surface area (Å²) in [6, 6.07) is 20.5. The minimum Gasteiger partial charge on any atom is -0.454 e. The first-order chi connectivity index (χ1) is 15.1. The van der Waals surface area contributed by atoms with Crippen LogP contribution in [0, 0.1) is 10.1 Å². The number of anilines is 1. The van der Waals surface area contributed by atoms with Gasteiger partial charge >= 0.3 is 0 Å². The summed E-state index contributed by atoms with van der Waals surface area (Å²) in [6.45, 7) is 0.158. The first-order valence-electron chi connectivity index (χ1n) is 9.45. The van der Waals surface area contributed by atoms with E-state index in [4.69, 9.17) is 9.47 Å². The highest BCUT2D eigenvalue weighted by atomic mass is 16.7. The Balaban J connectivity index is 1.59. The number of benzene rings is 3. The molecule has 3 aromatic carbocycles. The van der Waals surface area contributed by atoms with Crippen LogP contribution in [0.25, 0.3) is 6.08 Å². The van der Waals surface area contributed by atoms with Crippen LogP contribution < -0.4 is 14.5 Å². The van der Waals surface area contributed by atoms with Crippen LogP contribution in [0.15, 0.2) is 83.5 Å². The molecule has 2 aliphatic heterocycles. The highest BCUT2D eigenvalue weighted by Crippen LogP contribution is 2.34. The molecule has 0 bridgehead atoms. The summed E-state index contributed by atoms with van der Waals surface area (Å²) in [6.07, 6.45) is 1.73. The van der Waals surface area contributed by atoms with E-state index in [-0.39, 0.29) is 18.4 Å². The van der Waals surface area contributed by atoms with E-state index in [0.29, 0.717) is 34.0 Å². The molecule has 0 fully saturated rings. The van der Waals surface area contributed by atoms with Gasteiger partial charge in [0.15, 0.2) is 11.5 Å². The van der Waals surface area contributed by atoms with Crippen molar-refractivity contribution in [3.8, 4) is 11.5 Å². The lowest BCUT2D eigenvalue weighted by atomic mass is 10.00. The summed E-state index contributed by atoms with van der Waals surface area (Å²) in [5, 5.41) is 16.9. The van der Waals surface area contributed by atoms with E-state index in [9.17, 15) is 14.9 Å². The zero-order chi connectivity index (χ0) is 21.4. The smallest absolute Gasteiger partial charge is 0.281 e. The fraction of sp³-hybridized carbons (Fsp3) is 0.0435. The third-order valence-electron chi connectivity index (χ3n) is 4.94. The molecule has 0 saturated heterocycles. The molecule has 0 aromatic heterocycles. The van der Waals surface area contributed by atoms with Gasteiger partial charge in [-0.15, -0.1) is 0 Å². The minimum atomic E-state index is -0.467. The van der Waals surface area contributed by atoms with Gasteiger partial charge in [0, 0.05) is 17.7 Å². The molecule has 0 N–H and O–H groups in total. The number of nitro groups is 1. The zero-order valence-corrected chi connectivity index (χ0v) is 16.1. The molecule has 5 rings (SSSR count). The number of carbonyl (C=O) groups excluding carboxylic acids is 1. The van der Waals surface area contributed by atoms with Gasteiger partial charge in [-0.2, -0.15) is 10.1 Å². The molecule has 0 radical (unpaired) electrons. The fourth-order valence-electron chi connectivity index (χ4n) is 3.41. The first-order valence-corrected chi connectivity index (χ1v) is 9.45. The number of non-ortho nitro benzene ring substituents is 1. The van der Waals surface area contributed by atoms with Gasteiger partial charge in [0.2, 0.25) is 6.79 Å². The number of carbonyl (C=O) groups is 1. The first kappa shape index (κ1) is 18.6. The van der Waals surface area contributed by atoms with Gasteiger partial charge in [0.1, 0.15) is 5.71 Å². The summed E-state index contributed by atoms with van der Waals surface area (Å²) >= 11 is 0. The lowest BCUT2D eigenvalue weighted by Gasteiger charge is -2.10. The van der Waals surface area contributed by atoms with E-state index in [1.807, 2.05) is 24.3 Å². The van der Waals surface area contributed by atoms with Crippen molar-refractivity contribution in [2.24, 2.45) is 5.10 Å². The van der Waals surface area contributed by atoms with Crippen LogP contribution in [-0.2, 0) is 4.79 Å². The number of ether oxygens (including phenoxy) is 2. The molecule has 0 aliphatic carbocycles. The Hall–Kier alpha value is -4.46. The number of hydrazone groups is 1. The highest BCUT2D eigenvalue weighted by Gasteiger charge is 2.32. The third kappa shape index (κ3) is 3.40. The van der Waals surface area contributed by atoms with E-state index in [1.54, 1.807) is 42.5 Å². The second-order valence-electron chi connectivity index (χ2n) is 6.88. The normalized spacial score (nSPS) is 16.0. The quantitative estimate of drug-likeness (QED) is 0.364. The third-order valence-corrected chi connectivity index (χ3v) is 4.94. The maximum Gasteiger partial charge on any atom is 0.281 e. The Labute approximate surface area is 176 Å². The highest BCUT2D eigenvalue weighted by molar-refractivity contribution is 6.37. The lowest BCUT2D eigenvalue weighted by Crippen LogP contribution is -2.21. The average Bonchev–Trinajstić information content (AvgIpc) is 3.39. The van der Waals surface area contributed by atoms with Gasteiger partial charge in [0.05, 0.1) is 16.2 Å². The van der Waals surface area contributed by atoms with Crippen molar-refractivity contribution in [2.45, 2.75) is 0 Å². The Morgan fingerprint density at radius 2 is 1.71 bits per heavy atom. The molecule has 0 saturated carbocycles.